The number of hydrogen-bond donors (Lipinski definition) is 2. The average Bonchev–Trinajstić information content (AvgIpc) is 2.41. The molecular weight excluding hydrogens is 377 g/mol. The SMILES string of the molecule is CN=C(NCC1(C)COC1)NC1CCC(C(C)C)CC1.I. The van der Waals surface area contributed by atoms with E-state index in [2.05, 4.69) is 36.4 Å². The maximum Gasteiger partial charge on any atom is 0.191 e. The number of halogens is 1. The summed E-state index contributed by atoms with van der Waals surface area (Å²) >= 11 is 0. The molecule has 1 saturated heterocycles. The van der Waals surface area contributed by atoms with Gasteiger partial charge in [-0.2, -0.15) is 0 Å². The van der Waals surface area contributed by atoms with E-state index >= 15 is 0 Å². The normalized spacial score (nSPS) is 28.5. The van der Waals surface area contributed by atoms with Crippen LogP contribution in [0.4, 0.5) is 0 Å². The van der Waals surface area contributed by atoms with Gasteiger partial charge in [-0.3, -0.25) is 4.99 Å². The first-order valence-electron chi connectivity index (χ1n) is 8.07. The van der Waals surface area contributed by atoms with Crippen molar-refractivity contribution in [2.24, 2.45) is 22.2 Å². The maximum atomic E-state index is 5.29. The molecule has 1 aliphatic carbocycles. The number of aliphatic imine (C=N–C) groups is 1. The zero-order valence-corrected chi connectivity index (χ0v) is 16.3. The molecule has 1 heterocycles. The number of nitrogens with zero attached hydrogens (tertiary/aromatic N) is 1. The summed E-state index contributed by atoms with van der Waals surface area (Å²) in [6.07, 6.45) is 5.23. The van der Waals surface area contributed by atoms with E-state index in [1.54, 1.807) is 0 Å². The van der Waals surface area contributed by atoms with Crippen LogP contribution in [0.2, 0.25) is 0 Å². The van der Waals surface area contributed by atoms with Gasteiger partial charge in [-0.1, -0.05) is 20.8 Å². The third kappa shape index (κ3) is 5.58. The standard InChI is InChI=1S/C16H31N3O.HI/c1-12(2)13-5-7-14(8-6-13)19-15(17-4)18-9-16(3)10-20-11-16;/h12-14H,5-11H2,1-4H3,(H2,17,18,19);1H. The van der Waals surface area contributed by atoms with Crippen LogP contribution in [-0.2, 0) is 4.74 Å². The molecule has 5 heteroatoms. The van der Waals surface area contributed by atoms with Crippen LogP contribution in [0, 0.1) is 17.3 Å². The number of rotatable bonds is 4. The molecule has 0 atom stereocenters. The Morgan fingerprint density at radius 2 is 1.86 bits per heavy atom. The quantitative estimate of drug-likeness (QED) is 0.426. The van der Waals surface area contributed by atoms with Crippen LogP contribution in [0.5, 0.6) is 0 Å². The zero-order valence-electron chi connectivity index (χ0n) is 13.9. The molecule has 0 amide bonds. The van der Waals surface area contributed by atoms with Gasteiger partial charge in [0, 0.05) is 25.0 Å². The van der Waals surface area contributed by atoms with Crippen molar-refractivity contribution in [3.8, 4) is 0 Å². The van der Waals surface area contributed by atoms with Crippen LogP contribution < -0.4 is 10.6 Å². The fourth-order valence-electron chi connectivity index (χ4n) is 3.17. The molecule has 124 valence electrons. The van der Waals surface area contributed by atoms with Crippen molar-refractivity contribution in [3.05, 3.63) is 0 Å². The predicted molar refractivity (Wildman–Crippen MR) is 99.4 cm³/mol. The lowest BCUT2D eigenvalue weighted by Gasteiger charge is -2.39. The van der Waals surface area contributed by atoms with Gasteiger partial charge in [0.15, 0.2) is 5.96 Å². The maximum absolute atomic E-state index is 5.29. The van der Waals surface area contributed by atoms with E-state index < -0.39 is 0 Å². The monoisotopic (exact) mass is 409 g/mol. The average molecular weight is 409 g/mol. The van der Waals surface area contributed by atoms with E-state index in [4.69, 9.17) is 4.74 Å². The van der Waals surface area contributed by atoms with Gasteiger partial charge in [0.05, 0.1) is 13.2 Å². The van der Waals surface area contributed by atoms with Crippen LogP contribution in [0.15, 0.2) is 4.99 Å². The summed E-state index contributed by atoms with van der Waals surface area (Å²) in [5, 5.41) is 7.04. The Hall–Kier alpha value is -0.0400. The molecule has 1 saturated carbocycles. The van der Waals surface area contributed by atoms with Gasteiger partial charge in [0.2, 0.25) is 0 Å². The van der Waals surface area contributed by atoms with E-state index in [0.717, 1.165) is 37.6 Å². The second kappa shape index (κ2) is 8.56. The smallest absolute Gasteiger partial charge is 0.191 e. The Kier molecular flexibility index (Phi) is 7.74. The van der Waals surface area contributed by atoms with E-state index in [0.29, 0.717) is 6.04 Å². The zero-order chi connectivity index (χ0) is 14.6. The van der Waals surface area contributed by atoms with E-state index in [-0.39, 0.29) is 29.4 Å². The van der Waals surface area contributed by atoms with Gasteiger partial charge < -0.3 is 15.4 Å². The van der Waals surface area contributed by atoms with Crippen LogP contribution in [0.1, 0.15) is 46.5 Å². The van der Waals surface area contributed by atoms with Crippen molar-refractivity contribution >= 4 is 29.9 Å². The van der Waals surface area contributed by atoms with Crippen LogP contribution in [-0.4, -0.2) is 38.8 Å². The first-order valence-corrected chi connectivity index (χ1v) is 8.07. The first kappa shape index (κ1) is 19.0. The van der Waals surface area contributed by atoms with E-state index in [1.165, 1.54) is 25.7 Å². The molecule has 0 radical (unpaired) electrons. The molecule has 0 aromatic heterocycles. The highest BCUT2D eigenvalue weighted by molar-refractivity contribution is 14.0. The summed E-state index contributed by atoms with van der Waals surface area (Å²) in [6, 6.07) is 0.585. The number of guanidine groups is 1. The van der Waals surface area contributed by atoms with Crippen molar-refractivity contribution in [3.63, 3.8) is 0 Å². The van der Waals surface area contributed by atoms with Gasteiger partial charge in [0.1, 0.15) is 0 Å². The van der Waals surface area contributed by atoms with Crippen molar-refractivity contribution in [2.45, 2.75) is 52.5 Å². The largest absolute Gasteiger partial charge is 0.380 e. The minimum absolute atomic E-state index is 0. The van der Waals surface area contributed by atoms with Crippen LogP contribution in [0.3, 0.4) is 0 Å². The molecule has 0 unspecified atom stereocenters. The molecule has 0 bridgehead atoms. The van der Waals surface area contributed by atoms with Gasteiger partial charge in [0.25, 0.3) is 0 Å². The summed E-state index contributed by atoms with van der Waals surface area (Å²) in [6.45, 7) is 9.60. The molecule has 2 fully saturated rings. The Bertz CT molecular complexity index is 334. The van der Waals surface area contributed by atoms with Crippen LogP contribution >= 0.6 is 24.0 Å². The summed E-state index contributed by atoms with van der Waals surface area (Å²) in [4.78, 5) is 4.35. The lowest BCUT2D eigenvalue weighted by Crippen LogP contribution is -2.52. The molecule has 0 spiro atoms. The molecule has 2 aliphatic rings. The number of hydrogen-bond acceptors (Lipinski definition) is 2. The van der Waals surface area contributed by atoms with Crippen molar-refractivity contribution in [1.29, 1.82) is 0 Å². The Labute approximate surface area is 146 Å². The van der Waals surface area contributed by atoms with Crippen molar-refractivity contribution < 1.29 is 4.74 Å². The lowest BCUT2D eigenvalue weighted by atomic mass is 9.80. The van der Waals surface area contributed by atoms with Gasteiger partial charge in [-0.05, 0) is 37.5 Å². The number of nitrogens with one attached hydrogen (secondary N) is 2. The second-order valence-electron chi connectivity index (χ2n) is 7.23. The fraction of sp³-hybridized carbons (Fsp3) is 0.938. The predicted octanol–water partition coefficient (Wildman–Crippen LogP) is 3.02. The lowest BCUT2D eigenvalue weighted by molar-refractivity contribution is -0.0971. The van der Waals surface area contributed by atoms with Gasteiger partial charge >= 0.3 is 0 Å². The van der Waals surface area contributed by atoms with Gasteiger partial charge in [-0.15, -0.1) is 24.0 Å². The highest BCUT2D eigenvalue weighted by Crippen LogP contribution is 2.30. The molecule has 4 nitrogen and oxygen atoms in total. The first-order chi connectivity index (χ1) is 9.52. The summed E-state index contributed by atoms with van der Waals surface area (Å²) < 4.78 is 5.29. The fourth-order valence-corrected chi connectivity index (χ4v) is 3.17. The van der Waals surface area contributed by atoms with Gasteiger partial charge in [-0.25, -0.2) is 0 Å². The highest BCUT2D eigenvalue weighted by Gasteiger charge is 2.33. The van der Waals surface area contributed by atoms with Crippen LogP contribution in [0.25, 0.3) is 0 Å². The minimum atomic E-state index is 0. The molecule has 1 aliphatic heterocycles. The summed E-state index contributed by atoms with van der Waals surface area (Å²) in [5.74, 6) is 2.69. The molecule has 2 rings (SSSR count). The number of ether oxygens (including phenoxy) is 1. The Morgan fingerprint density at radius 3 is 2.29 bits per heavy atom. The van der Waals surface area contributed by atoms with Crippen molar-refractivity contribution in [2.75, 3.05) is 26.8 Å². The minimum Gasteiger partial charge on any atom is -0.380 e. The summed E-state index contributed by atoms with van der Waals surface area (Å²) in [7, 11) is 1.86. The second-order valence-corrected chi connectivity index (χ2v) is 7.23. The molecule has 0 aromatic carbocycles. The van der Waals surface area contributed by atoms with Crippen molar-refractivity contribution in [1.82, 2.24) is 10.6 Å². The Balaban J connectivity index is 0.00000220. The third-order valence-corrected chi connectivity index (χ3v) is 4.86. The third-order valence-electron chi connectivity index (χ3n) is 4.86. The Morgan fingerprint density at radius 1 is 1.24 bits per heavy atom. The highest BCUT2D eigenvalue weighted by atomic mass is 127. The van der Waals surface area contributed by atoms with E-state index in [9.17, 15) is 0 Å². The molecule has 2 N–H and O–H groups in total. The molecule has 21 heavy (non-hydrogen) atoms. The topological polar surface area (TPSA) is 45.7 Å². The molecule has 0 aromatic rings. The van der Waals surface area contributed by atoms with E-state index in [1.807, 2.05) is 7.05 Å². The summed E-state index contributed by atoms with van der Waals surface area (Å²) in [5.41, 5.74) is 0.285. The molecular formula is C16H32IN3O.